The summed E-state index contributed by atoms with van der Waals surface area (Å²) in [5.41, 5.74) is -0.938. The third kappa shape index (κ3) is 5.72. The number of carbonyl (C=O) groups is 2. The molecule has 0 fully saturated rings. The molecule has 0 aliphatic heterocycles. The predicted molar refractivity (Wildman–Crippen MR) is 86.3 cm³/mol. The minimum absolute atomic E-state index is 0.0457. The van der Waals surface area contributed by atoms with Gasteiger partial charge in [-0.2, -0.15) is 13.2 Å². The summed E-state index contributed by atoms with van der Waals surface area (Å²) in [5.74, 6) is -1.16. The maximum Gasteiger partial charge on any atom is 0.416 e. The molecule has 0 atom stereocenters. The summed E-state index contributed by atoms with van der Waals surface area (Å²) >= 11 is 0. The van der Waals surface area contributed by atoms with Crippen molar-refractivity contribution < 1.29 is 27.5 Å². The van der Waals surface area contributed by atoms with Gasteiger partial charge in [0.05, 0.1) is 5.56 Å². The van der Waals surface area contributed by atoms with Crippen LogP contribution < -0.4 is 10.2 Å². The first kappa shape index (κ1) is 19.2. The topological polar surface area (TPSA) is 84.4 Å². The second-order valence-electron chi connectivity index (χ2n) is 5.19. The van der Waals surface area contributed by atoms with Crippen LogP contribution in [0.25, 0.3) is 0 Å². The van der Waals surface area contributed by atoms with Gasteiger partial charge in [-0.25, -0.2) is 9.97 Å². The lowest BCUT2D eigenvalue weighted by Gasteiger charge is -2.15. The van der Waals surface area contributed by atoms with Gasteiger partial charge in [-0.1, -0.05) is 6.07 Å². The molecule has 2 aromatic rings. The van der Waals surface area contributed by atoms with E-state index in [9.17, 15) is 22.8 Å². The number of likely N-dealkylation sites (N-methyl/N-ethyl adjacent to an activating group) is 1. The molecule has 0 saturated heterocycles. The molecule has 0 bridgehead atoms. The SMILES string of the molecule is CN(CC(=O)OCC(=O)Nc1cccc(C(F)(F)F)c1)c1ncccn1. The first-order chi connectivity index (χ1) is 12.3. The Morgan fingerprint density at radius 3 is 2.54 bits per heavy atom. The molecule has 1 aromatic carbocycles. The van der Waals surface area contributed by atoms with Crippen LogP contribution in [0.15, 0.2) is 42.7 Å². The minimum Gasteiger partial charge on any atom is -0.454 e. The molecule has 0 saturated carbocycles. The van der Waals surface area contributed by atoms with Crippen LogP contribution in [-0.4, -0.2) is 42.0 Å². The number of amides is 1. The molecule has 26 heavy (non-hydrogen) atoms. The lowest BCUT2D eigenvalue weighted by Crippen LogP contribution is -2.30. The van der Waals surface area contributed by atoms with Crippen molar-refractivity contribution in [3.63, 3.8) is 0 Å². The molecule has 1 N–H and O–H groups in total. The van der Waals surface area contributed by atoms with Crippen LogP contribution in [0, 0.1) is 0 Å². The Hall–Kier alpha value is -3.17. The number of anilines is 2. The van der Waals surface area contributed by atoms with Crippen LogP contribution in [0.3, 0.4) is 0 Å². The van der Waals surface area contributed by atoms with E-state index < -0.39 is 30.2 Å². The van der Waals surface area contributed by atoms with Crippen molar-refractivity contribution in [3.8, 4) is 0 Å². The third-order valence-electron chi connectivity index (χ3n) is 3.10. The molecule has 7 nitrogen and oxygen atoms in total. The Morgan fingerprint density at radius 2 is 1.88 bits per heavy atom. The van der Waals surface area contributed by atoms with E-state index in [2.05, 4.69) is 15.3 Å². The summed E-state index contributed by atoms with van der Waals surface area (Å²) in [5, 5.41) is 2.24. The number of alkyl halides is 3. The lowest BCUT2D eigenvalue weighted by atomic mass is 10.2. The molecule has 10 heteroatoms. The van der Waals surface area contributed by atoms with Gasteiger partial charge in [-0.05, 0) is 24.3 Å². The van der Waals surface area contributed by atoms with Crippen LogP contribution in [-0.2, 0) is 20.5 Å². The van der Waals surface area contributed by atoms with E-state index in [0.717, 1.165) is 12.1 Å². The summed E-state index contributed by atoms with van der Waals surface area (Å²) in [6, 6.07) is 5.76. The fourth-order valence-electron chi connectivity index (χ4n) is 1.91. The van der Waals surface area contributed by atoms with Gasteiger partial charge in [0.25, 0.3) is 5.91 Å². The summed E-state index contributed by atoms with van der Waals surface area (Å²) < 4.78 is 42.7. The molecule has 1 aromatic heterocycles. The van der Waals surface area contributed by atoms with E-state index in [-0.39, 0.29) is 12.2 Å². The molecule has 138 valence electrons. The average Bonchev–Trinajstić information content (AvgIpc) is 2.60. The zero-order valence-corrected chi connectivity index (χ0v) is 13.7. The maximum atomic E-state index is 12.6. The van der Waals surface area contributed by atoms with Crippen LogP contribution in [0.4, 0.5) is 24.8 Å². The van der Waals surface area contributed by atoms with Gasteiger partial charge in [-0.15, -0.1) is 0 Å². The summed E-state index contributed by atoms with van der Waals surface area (Å²) in [6.45, 7) is -0.820. The predicted octanol–water partition coefficient (Wildman–Crippen LogP) is 2.11. The molecule has 0 aliphatic carbocycles. The quantitative estimate of drug-likeness (QED) is 0.787. The smallest absolute Gasteiger partial charge is 0.416 e. The highest BCUT2D eigenvalue weighted by molar-refractivity contribution is 5.93. The van der Waals surface area contributed by atoms with Gasteiger partial charge in [0.1, 0.15) is 6.54 Å². The van der Waals surface area contributed by atoms with Gasteiger partial charge in [0.15, 0.2) is 6.61 Å². The molecule has 0 spiro atoms. The van der Waals surface area contributed by atoms with Crippen molar-refractivity contribution in [3.05, 3.63) is 48.3 Å². The largest absolute Gasteiger partial charge is 0.454 e. The number of nitrogens with zero attached hydrogens (tertiary/aromatic N) is 3. The van der Waals surface area contributed by atoms with Crippen LogP contribution in [0.2, 0.25) is 0 Å². The second-order valence-corrected chi connectivity index (χ2v) is 5.19. The van der Waals surface area contributed by atoms with Crippen LogP contribution in [0.5, 0.6) is 0 Å². The van der Waals surface area contributed by atoms with Crippen molar-refractivity contribution in [1.29, 1.82) is 0 Å². The summed E-state index contributed by atoms with van der Waals surface area (Å²) in [7, 11) is 1.57. The Morgan fingerprint density at radius 1 is 1.19 bits per heavy atom. The van der Waals surface area contributed by atoms with Gasteiger partial charge in [0.2, 0.25) is 5.95 Å². The van der Waals surface area contributed by atoms with Crippen molar-refractivity contribution in [2.24, 2.45) is 0 Å². The number of esters is 1. The van der Waals surface area contributed by atoms with Gasteiger partial charge in [0, 0.05) is 25.1 Å². The number of halogens is 3. The van der Waals surface area contributed by atoms with Crippen molar-refractivity contribution in [2.45, 2.75) is 6.18 Å². The summed E-state index contributed by atoms with van der Waals surface area (Å²) in [6.07, 6.45) is -1.50. The molecule has 1 amide bonds. The van der Waals surface area contributed by atoms with Gasteiger partial charge < -0.3 is 15.0 Å². The Bertz CT molecular complexity index is 769. The minimum atomic E-state index is -4.52. The number of aromatic nitrogens is 2. The normalized spacial score (nSPS) is 10.9. The van der Waals surface area contributed by atoms with Gasteiger partial charge >= 0.3 is 12.1 Å². The molecule has 0 unspecified atom stereocenters. The van der Waals surface area contributed by atoms with Crippen molar-refractivity contribution in [1.82, 2.24) is 9.97 Å². The van der Waals surface area contributed by atoms with Crippen molar-refractivity contribution >= 4 is 23.5 Å². The maximum absolute atomic E-state index is 12.6. The number of benzene rings is 1. The second kappa shape index (κ2) is 8.28. The molecule has 0 radical (unpaired) electrons. The molecule has 2 rings (SSSR count). The van der Waals surface area contributed by atoms with E-state index in [1.54, 1.807) is 13.1 Å². The molecule has 0 aliphatic rings. The van der Waals surface area contributed by atoms with E-state index in [4.69, 9.17) is 4.74 Å². The summed E-state index contributed by atoms with van der Waals surface area (Å²) in [4.78, 5) is 32.8. The number of rotatable bonds is 6. The van der Waals surface area contributed by atoms with Crippen molar-refractivity contribution in [2.75, 3.05) is 30.4 Å². The highest BCUT2D eigenvalue weighted by Gasteiger charge is 2.30. The molecular weight excluding hydrogens is 353 g/mol. The first-order valence-corrected chi connectivity index (χ1v) is 7.36. The number of hydrogen-bond acceptors (Lipinski definition) is 6. The Balaban J connectivity index is 1.82. The third-order valence-corrected chi connectivity index (χ3v) is 3.10. The van der Waals surface area contributed by atoms with Crippen LogP contribution >= 0.6 is 0 Å². The molecular formula is C16H15F3N4O3. The van der Waals surface area contributed by atoms with E-state index in [0.29, 0.717) is 5.95 Å². The zero-order valence-electron chi connectivity index (χ0n) is 13.7. The standard InChI is InChI=1S/C16H15F3N4O3/c1-23(15-20-6-3-7-21-15)9-14(25)26-10-13(24)22-12-5-2-4-11(8-12)16(17,18)19/h2-8H,9-10H2,1H3,(H,22,24). The lowest BCUT2D eigenvalue weighted by molar-refractivity contribution is -0.145. The fourth-order valence-corrected chi connectivity index (χ4v) is 1.91. The van der Waals surface area contributed by atoms with E-state index >= 15 is 0 Å². The number of carbonyl (C=O) groups excluding carboxylic acids is 2. The zero-order chi connectivity index (χ0) is 19.2. The fraction of sp³-hybridized carbons (Fsp3) is 0.250. The molecule has 1 heterocycles. The van der Waals surface area contributed by atoms with E-state index in [1.165, 1.54) is 29.4 Å². The Kier molecular flexibility index (Phi) is 6.10. The number of ether oxygens (including phenoxy) is 1. The highest BCUT2D eigenvalue weighted by Crippen LogP contribution is 2.30. The number of nitrogens with one attached hydrogen (secondary N) is 1. The Labute approximate surface area is 146 Å². The first-order valence-electron chi connectivity index (χ1n) is 7.36. The van der Waals surface area contributed by atoms with Gasteiger partial charge in [-0.3, -0.25) is 9.59 Å². The highest BCUT2D eigenvalue weighted by atomic mass is 19.4. The average molecular weight is 368 g/mol. The van der Waals surface area contributed by atoms with E-state index in [1.807, 2.05) is 0 Å². The van der Waals surface area contributed by atoms with Crippen LogP contribution in [0.1, 0.15) is 5.56 Å². The monoisotopic (exact) mass is 368 g/mol. The number of hydrogen-bond donors (Lipinski definition) is 1.